The molecule has 0 unspecified atom stereocenters. The van der Waals surface area contributed by atoms with E-state index >= 15 is 0 Å². The lowest BCUT2D eigenvalue weighted by Gasteiger charge is -2.11. The lowest BCUT2D eigenvalue weighted by molar-refractivity contribution is -0.384. The van der Waals surface area contributed by atoms with Crippen molar-refractivity contribution >= 4 is 29.6 Å². The van der Waals surface area contributed by atoms with Gasteiger partial charge in [0.05, 0.1) is 23.5 Å². The number of hydrogen-bond acceptors (Lipinski definition) is 7. The molecule has 2 rings (SSSR count). The van der Waals surface area contributed by atoms with Gasteiger partial charge in [0.25, 0.3) is 5.69 Å². The number of nitrogens with one attached hydrogen (secondary N) is 1. The summed E-state index contributed by atoms with van der Waals surface area (Å²) in [5.41, 5.74) is 4.18. The Bertz CT molecular complexity index is 900. The first-order valence-electron chi connectivity index (χ1n) is 9.17. The molecule has 1 N–H and O–H groups in total. The summed E-state index contributed by atoms with van der Waals surface area (Å²) in [5, 5.41) is 14.6. The summed E-state index contributed by atoms with van der Waals surface area (Å²) in [4.78, 5) is 22.1. The van der Waals surface area contributed by atoms with Crippen molar-refractivity contribution in [2.45, 2.75) is 12.7 Å². The molecule has 0 aliphatic rings. The predicted octanol–water partition coefficient (Wildman–Crippen LogP) is 3.94. The molecule has 9 heteroatoms. The zero-order valence-electron chi connectivity index (χ0n) is 16.6. The summed E-state index contributed by atoms with van der Waals surface area (Å²) >= 11 is 1.39. The highest BCUT2D eigenvalue weighted by Gasteiger charge is 2.07. The van der Waals surface area contributed by atoms with Crippen LogP contribution >= 0.6 is 11.8 Å². The lowest BCUT2D eigenvalue weighted by atomic mass is 10.2. The van der Waals surface area contributed by atoms with Gasteiger partial charge in [-0.25, -0.2) is 5.43 Å². The molecule has 0 saturated heterocycles. The van der Waals surface area contributed by atoms with Crippen molar-refractivity contribution in [2.24, 2.45) is 5.10 Å². The molecule has 2 aromatic rings. The molecule has 0 radical (unpaired) electrons. The highest BCUT2D eigenvalue weighted by atomic mass is 32.2. The van der Waals surface area contributed by atoms with E-state index in [4.69, 9.17) is 9.47 Å². The number of amides is 1. The molecule has 1 amide bonds. The van der Waals surface area contributed by atoms with Crippen LogP contribution in [0.4, 0.5) is 5.69 Å². The number of nitro benzene ring substituents is 1. The first kappa shape index (κ1) is 23.0. The van der Waals surface area contributed by atoms with E-state index in [2.05, 4.69) is 17.1 Å². The van der Waals surface area contributed by atoms with Crippen LogP contribution in [0.2, 0.25) is 0 Å². The lowest BCUT2D eigenvalue weighted by Crippen LogP contribution is -2.19. The standard InChI is InChI=1S/C21H23N3O5S/c1-3-11-29-19-10-7-17(12-20(19)28-4-2)13-22-23-21(25)15-30-14-16-5-8-18(9-6-16)24(26)27/h3,5-10,12-13H,1,4,11,14-15H2,2H3,(H,23,25). The Morgan fingerprint density at radius 3 is 2.67 bits per heavy atom. The number of nitrogens with zero attached hydrogens (tertiary/aromatic N) is 2. The second-order valence-electron chi connectivity index (χ2n) is 5.95. The normalized spacial score (nSPS) is 10.6. The second kappa shape index (κ2) is 12.3. The molecule has 8 nitrogen and oxygen atoms in total. The van der Waals surface area contributed by atoms with Crippen molar-refractivity contribution in [1.82, 2.24) is 5.43 Å². The van der Waals surface area contributed by atoms with Crippen LogP contribution in [0.3, 0.4) is 0 Å². The Kier molecular flexibility index (Phi) is 9.39. The van der Waals surface area contributed by atoms with E-state index in [0.717, 1.165) is 11.1 Å². The van der Waals surface area contributed by atoms with Crippen LogP contribution in [0.25, 0.3) is 0 Å². The number of ether oxygens (including phenoxy) is 2. The number of non-ortho nitro benzene ring substituents is 1. The average molecular weight is 429 g/mol. The van der Waals surface area contributed by atoms with E-state index in [1.54, 1.807) is 36.4 Å². The fourth-order valence-electron chi connectivity index (χ4n) is 2.33. The molecule has 0 aliphatic carbocycles. The summed E-state index contributed by atoms with van der Waals surface area (Å²) in [7, 11) is 0. The molecule has 0 saturated carbocycles. The molecule has 0 aliphatic heterocycles. The molecule has 0 fully saturated rings. The number of hydrogen-bond donors (Lipinski definition) is 1. The number of carbonyl (C=O) groups excluding carboxylic acids is 1. The Morgan fingerprint density at radius 1 is 1.23 bits per heavy atom. The summed E-state index contributed by atoms with van der Waals surface area (Å²) in [6.07, 6.45) is 3.18. The molecule has 158 valence electrons. The highest BCUT2D eigenvalue weighted by Crippen LogP contribution is 2.28. The Balaban J connectivity index is 1.81. The van der Waals surface area contributed by atoms with Gasteiger partial charge in [0.1, 0.15) is 6.61 Å². The number of hydrazone groups is 1. The minimum Gasteiger partial charge on any atom is -0.490 e. The van der Waals surface area contributed by atoms with Crippen LogP contribution < -0.4 is 14.9 Å². The van der Waals surface area contributed by atoms with Crippen LogP contribution in [0.1, 0.15) is 18.1 Å². The number of benzene rings is 2. The van der Waals surface area contributed by atoms with Gasteiger partial charge in [0, 0.05) is 17.9 Å². The van der Waals surface area contributed by atoms with Crippen LogP contribution in [0.15, 0.2) is 60.2 Å². The van der Waals surface area contributed by atoms with E-state index in [-0.39, 0.29) is 17.3 Å². The Hall–Kier alpha value is -3.33. The first-order chi connectivity index (χ1) is 14.5. The second-order valence-corrected chi connectivity index (χ2v) is 6.93. The third-order valence-electron chi connectivity index (χ3n) is 3.68. The minimum absolute atomic E-state index is 0.0450. The van der Waals surface area contributed by atoms with Gasteiger partial charge in [0.15, 0.2) is 11.5 Å². The van der Waals surface area contributed by atoms with E-state index in [0.29, 0.717) is 30.5 Å². The SMILES string of the molecule is C=CCOc1ccc(C=NNC(=O)CSCc2ccc([N+](=O)[O-])cc2)cc1OCC. The van der Waals surface area contributed by atoms with Crippen molar-refractivity contribution in [2.75, 3.05) is 19.0 Å². The number of thioether (sulfide) groups is 1. The zero-order chi connectivity index (χ0) is 21.8. The van der Waals surface area contributed by atoms with Crippen molar-refractivity contribution in [3.05, 3.63) is 76.4 Å². The topological polar surface area (TPSA) is 103 Å². The van der Waals surface area contributed by atoms with Gasteiger partial charge < -0.3 is 9.47 Å². The molecular formula is C21H23N3O5S. The van der Waals surface area contributed by atoms with Crippen LogP contribution in [0, 0.1) is 10.1 Å². The number of rotatable bonds is 12. The molecule has 0 heterocycles. The molecule has 0 spiro atoms. The monoisotopic (exact) mass is 429 g/mol. The van der Waals surface area contributed by atoms with Crippen molar-refractivity contribution in [3.8, 4) is 11.5 Å². The predicted molar refractivity (Wildman–Crippen MR) is 118 cm³/mol. The van der Waals surface area contributed by atoms with Gasteiger partial charge in [0.2, 0.25) is 5.91 Å². The van der Waals surface area contributed by atoms with Gasteiger partial charge in [-0.1, -0.05) is 24.8 Å². The molecular weight excluding hydrogens is 406 g/mol. The summed E-state index contributed by atoms with van der Waals surface area (Å²) < 4.78 is 11.1. The van der Waals surface area contributed by atoms with Gasteiger partial charge in [-0.2, -0.15) is 5.10 Å². The maximum Gasteiger partial charge on any atom is 0.269 e. The smallest absolute Gasteiger partial charge is 0.269 e. The van der Waals surface area contributed by atoms with Gasteiger partial charge >= 0.3 is 0 Å². The fourth-order valence-corrected chi connectivity index (χ4v) is 3.11. The summed E-state index contributed by atoms with van der Waals surface area (Å²) in [6, 6.07) is 11.6. The van der Waals surface area contributed by atoms with E-state index in [9.17, 15) is 14.9 Å². The van der Waals surface area contributed by atoms with Gasteiger partial charge in [-0.3, -0.25) is 14.9 Å². The van der Waals surface area contributed by atoms with Crippen LogP contribution in [-0.2, 0) is 10.5 Å². The fraction of sp³-hybridized carbons (Fsp3) is 0.238. The third kappa shape index (κ3) is 7.59. The average Bonchev–Trinajstić information content (AvgIpc) is 2.74. The molecule has 2 aromatic carbocycles. The summed E-state index contributed by atoms with van der Waals surface area (Å²) in [6.45, 7) is 6.37. The van der Waals surface area contributed by atoms with E-state index in [1.165, 1.54) is 30.1 Å². The maximum absolute atomic E-state index is 11.9. The van der Waals surface area contributed by atoms with E-state index < -0.39 is 4.92 Å². The molecule has 0 bridgehead atoms. The van der Waals surface area contributed by atoms with Crippen LogP contribution in [0.5, 0.6) is 11.5 Å². The van der Waals surface area contributed by atoms with E-state index in [1.807, 2.05) is 6.92 Å². The maximum atomic E-state index is 11.9. The van der Waals surface area contributed by atoms with Crippen molar-refractivity contribution < 1.29 is 19.2 Å². The molecule has 0 aromatic heterocycles. The van der Waals surface area contributed by atoms with Gasteiger partial charge in [-0.15, -0.1) is 11.8 Å². The number of carbonyl (C=O) groups is 1. The molecule has 30 heavy (non-hydrogen) atoms. The Labute approximate surface area is 179 Å². The van der Waals surface area contributed by atoms with Gasteiger partial charge in [-0.05, 0) is 36.2 Å². The first-order valence-corrected chi connectivity index (χ1v) is 10.3. The number of nitro groups is 1. The highest BCUT2D eigenvalue weighted by molar-refractivity contribution is 7.99. The summed E-state index contributed by atoms with van der Waals surface area (Å²) in [5.74, 6) is 1.74. The van der Waals surface area contributed by atoms with Crippen molar-refractivity contribution in [3.63, 3.8) is 0 Å². The third-order valence-corrected chi connectivity index (χ3v) is 4.68. The van der Waals surface area contributed by atoms with Crippen LogP contribution in [-0.4, -0.2) is 36.0 Å². The zero-order valence-corrected chi connectivity index (χ0v) is 17.4. The quantitative estimate of drug-likeness (QED) is 0.237. The minimum atomic E-state index is -0.443. The largest absolute Gasteiger partial charge is 0.490 e. The Morgan fingerprint density at radius 2 is 2.00 bits per heavy atom. The van der Waals surface area contributed by atoms with Crippen molar-refractivity contribution in [1.29, 1.82) is 0 Å². The molecule has 0 atom stereocenters.